The average Bonchev–Trinajstić information content (AvgIpc) is 1.35. The summed E-state index contributed by atoms with van der Waals surface area (Å²) in [5, 5.41) is 0. The van der Waals surface area contributed by atoms with Gasteiger partial charge in [0.1, 0.15) is 0 Å². The molecule has 0 saturated carbocycles. The summed E-state index contributed by atoms with van der Waals surface area (Å²) in [6.07, 6.45) is 0. The maximum absolute atomic E-state index is 10.2. The third-order valence-corrected chi connectivity index (χ3v) is 0.270. The SMILES string of the molecule is N.O.O=P(O)(O)OF. The summed E-state index contributed by atoms with van der Waals surface area (Å²) >= 11 is 0. The van der Waals surface area contributed by atoms with Crippen molar-refractivity contribution in [3.05, 3.63) is 0 Å². The van der Waals surface area contributed by atoms with Crippen LogP contribution in [-0.4, -0.2) is 15.3 Å². The molecule has 0 rings (SSSR count). The van der Waals surface area contributed by atoms with Gasteiger partial charge in [-0.3, -0.25) is 0 Å². The molecule has 0 aromatic rings. The van der Waals surface area contributed by atoms with Crippen LogP contribution in [-0.2, 0) is 9.29 Å². The van der Waals surface area contributed by atoms with E-state index < -0.39 is 7.82 Å². The van der Waals surface area contributed by atoms with Gasteiger partial charge in [0.25, 0.3) is 0 Å². The summed E-state index contributed by atoms with van der Waals surface area (Å²) in [5.41, 5.74) is 0. The minimum atomic E-state index is -4.81. The minimum Gasteiger partial charge on any atom is -0.412 e. The first-order valence-electron chi connectivity index (χ1n) is 0.919. The monoisotopic (exact) mass is 151 g/mol. The Bertz CT molecular complexity index is 76.5. The highest BCUT2D eigenvalue weighted by Gasteiger charge is 2.12. The van der Waals surface area contributed by atoms with Gasteiger partial charge in [-0.2, -0.15) is 0 Å². The Morgan fingerprint density at radius 3 is 1.62 bits per heavy atom. The highest BCUT2D eigenvalue weighted by atomic mass is 31.2. The van der Waals surface area contributed by atoms with Crippen molar-refractivity contribution < 1.29 is 29.1 Å². The van der Waals surface area contributed by atoms with E-state index >= 15 is 0 Å². The normalized spacial score (nSPS) is 8.88. The lowest BCUT2D eigenvalue weighted by atomic mass is 14.0. The molecule has 0 atom stereocenters. The fourth-order valence-electron chi connectivity index (χ4n) is 0. The topological polar surface area (TPSA) is 133 Å². The summed E-state index contributed by atoms with van der Waals surface area (Å²) in [6.45, 7) is 0. The molecule has 8 heavy (non-hydrogen) atoms. The van der Waals surface area contributed by atoms with Crippen molar-refractivity contribution in [1.82, 2.24) is 6.15 Å². The van der Waals surface area contributed by atoms with E-state index in [9.17, 15) is 4.53 Å². The molecule has 0 bridgehead atoms. The molecule has 0 heterocycles. The Morgan fingerprint density at radius 2 is 1.62 bits per heavy atom. The average molecular weight is 151 g/mol. The lowest BCUT2D eigenvalue weighted by Crippen LogP contribution is -1.71. The Morgan fingerprint density at radius 1 is 1.50 bits per heavy atom. The third-order valence-electron chi connectivity index (χ3n) is 0.0899. The van der Waals surface area contributed by atoms with Gasteiger partial charge in [-0.05, 0) is 4.53 Å². The van der Waals surface area contributed by atoms with E-state index in [0.29, 0.717) is 0 Å². The van der Waals surface area contributed by atoms with Crippen LogP contribution in [0.4, 0.5) is 4.53 Å². The number of hydrogen-bond donors (Lipinski definition) is 3. The van der Waals surface area contributed by atoms with E-state index in [4.69, 9.17) is 14.4 Å². The summed E-state index contributed by atoms with van der Waals surface area (Å²) in [6, 6.07) is 0. The van der Waals surface area contributed by atoms with E-state index in [1.807, 2.05) is 0 Å². The smallest absolute Gasteiger partial charge is 0.412 e. The predicted molar refractivity (Wildman–Crippen MR) is 22.9 cm³/mol. The van der Waals surface area contributed by atoms with Crippen LogP contribution in [0.3, 0.4) is 0 Å². The van der Waals surface area contributed by atoms with Gasteiger partial charge in [0.15, 0.2) is 0 Å². The zero-order valence-electron chi connectivity index (χ0n) is 3.74. The molecule has 8 heteroatoms. The maximum atomic E-state index is 10.2. The second kappa shape index (κ2) is 5.10. The Labute approximate surface area is 44.3 Å². The molecule has 0 aromatic carbocycles. The van der Waals surface area contributed by atoms with E-state index in [1.54, 1.807) is 0 Å². The fourth-order valence-corrected chi connectivity index (χ4v) is 0. The summed E-state index contributed by atoms with van der Waals surface area (Å²) in [5.74, 6) is 0. The third kappa shape index (κ3) is 16.7. The van der Waals surface area contributed by atoms with E-state index in [1.165, 1.54) is 0 Å². The molecule has 0 fully saturated rings. The highest BCUT2D eigenvalue weighted by Crippen LogP contribution is 2.35. The van der Waals surface area contributed by atoms with E-state index in [2.05, 4.69) is 4.73 Å². The lowest BCUT2D eigenvalue weighted by Gasteiger charge is -1.87. The molecule has 0 aliphatic rings. The molecule has 7 N–H and O–H groups in total. The maximum Gasteiger partial charge on any atom is 0.500 e. The molecule has 54 valence electrons. The second-order valence-corrected chi connectivity index (χ2v) is 1.68. The zero-order chi connectivity index (χ0) is 5.21. The van der Waals surface area contributed by atoms with Crippen LogP contribution < -0.4 is 6.15 Å². The van der Waals surface area contributed by atoms with Crippen molar-refractivity contribution in [3.8, 4) is 0 Å². The minimum absolute atomic E-state index is 0. The van der Waals surface area contributed by atoms with Crippen molar-refractivity contribution >= 4 is 7.82 Å². The number of halogens is 1. The Hall–Kier alpha value is -0.0400. The van der Waals surface area contributed by atoms with Crippen LogP contribution in [0, 0.1) is 0 Å². The van der Waals surface area contributed by atoms with Crippen molar-refractivity contribution in [1.29, 1.82) is 0 Å². The van der Waals surface area contributed by atoms with Crippen molar-refractivity contribution in [2.75, 3.05) is 0 Å². The number of phosphoric acid groups is 1. The molecule has 0 aliphatic heterocycles. The standard InChI is InChI=1S/FH2O4P.H3N.H2O/c1-5-6(2,3)4;;/h(H2,2,3,4);1H3;1H2. The molecule has 0 amide bonds. The first-order chi connectivity index (χ1) is 2.56. The molecule has 0 aromatic heterocycles. The number of rotatable bonds is 1. The summed E-state index contributed by atoms with van der Waals surface area (Å²) in [4.78, 5) is 14.7. The molecule has 6 nitrogen and oxygen atoms in total. The predicted octanol–water partition coefficient (Wildman–Crippen LogP) is -0.683. The first-order valence-corrected chi connectivity index (χ1v) is 2.45. The van der Waals surface area contributed by atoms with Crippen molar-refractivity contribution in [2.24, 2.45) is 0 Å². The summed E-state index contributed by atoms with van der Waals surface area (Å²) in [7, 11) is -4.81. The van der Waals surface area contributed by atoms with Crippen molar-refractivity contribution in [3.63, 3.8) is 0 Å². The zero-order valence-corrected chi connectivity index (χ0v) is 4.64. The molecule has 0 aliphatic carbocycles. The van der Waals surface area contributed by atoms with Gasteiger partial charge in [-0.15, -0.1) is 0 Å². The molecule has 0 saturated heterocycles. The van der Waals surface area contributed by atoms with Crippen molar-refractivity contribution in [2.45, 2.75) is 0 Å². The van der Waals surface area contributed by atoms with Crippen LogP contribution in [0.2, 0.25) is 0 Å². The summed E-state index contributed by atoms with van der Waals surface area (Å²) < 4.78 is 21.4. The van der Waals surface area contributed by atoms with Gasteiger partial charge in [0, 0.05) is 0 Å². The van der Waals surface area contributed by atoms with Gasteiger partial charge >= 0.3 is 7.82 Å². The van der Waals surface area contributed by atoms with Gasteiger partial charge in [-0.1, -0.05) is 4.73 Å². The van der Waals surface area contributed by atoms with E-state index in [-0.39, 0.29) is 11.6 Å². The van der Waals surface area contributed by atoms with Crippen LogP contribution in [0.15, 0.2) is 0 Å². The van der Waals surface area contributed by atoms with Crippen LogP contribution in [0.5, 0.6) is 0 Å². The van der Waals surface area contributed by atoms with Gasteiger partial charge < -0.3 is 21.4 Å². The van der Waals surface area contributed by atoms with Crippen LogP contribution in [0.25, 0.3) is 0 Å². The van der Waals surface area contributed by atoms with Gasteiger partial charge in [0.05, 0.1) is 0 Å². The van der Waals surface area contributed by atoms with Gasteiger partial charge in [-0.25, -0.2) is 4.57 Å². The quantitative estimate of drug-likeness (QED) is 0.426. The Kier molecular flexibility index (Phi) is 10.00. The van der Waals surface area contributed by atoms with Gasteiger partial charge in [0.2, 0.25) is 0 Å². The number of hydrogen-bond acceptors (Lipinski definition) is 3. The Balaban J connectivity index is -0.000000125. The molecular formula is H7FNO5P. The van der Waals surface area contributed by atoms with Crippen LogP contribution >= 0.6 is 7.82 Å². The molecule has 0 radical (unpaired) electrons. The molecular weight excluding hydrogens is 144 g/mol. The lowest BCUT2D eigenvalue weighted by molar-refractivity contribution is -0.0389. The van der Waals surface area contributed by atoms with Crippen LogP contribution in [0.1, 0.15) is 0 Å². The molecule has 0 unspecified atom stereocenters. The highest BCUT2D eigenvalue weighted by molar-refractivity contribution is 7.46. The fraction of sp³-hybridized carbons (Fsp3) is 0. The second-order valence-electron chi connectivity index (χ2n) is 0.560. The molecule has 0 spiro atoms. The van der Waals surface area contributed by atoms with E-state index in [0.717, 1.165) is 0 Å². The first kappa shape index (κ1) is 15.7. The largest absolute Gasteiger partial charge is 0.500 e.